The summed E-state index contributed by atoms with van der Waals surface area (Å²) in [6.07, 6.45) is 2.59. The quantitative estimate of drug-likeness (QED) is 0.692. The van der Waals surface area contributed by atoms with E-state index in [9.17, 15) is 8.42 Å². The lowest BCUT2D eigenvalue weighted by Crippen LogP contribution is -2.51. The number of sulfonamides is 1. The summed E-state index contributed by atoms with van der Waals surface area (Å²) >= 11 is 0. The number of rotatable bonds is 5. The second-order valence-electron chi connectivity index (χ2n) is 8.15. The Morgan fingerprint density at radius 3 is 2.42 bits per heavy atom. The molecule has 8 nitrogen and oxygen atoms in total. The molecule has 166 valence electrons. The first-order valence-electron chi connectivity index (χ1n) is 10.8. The summed E-state index contributed by atoms with van der Waals surface area (Å²) in [7, 11) is -3.56. The lowest BCUT2D eigenvalue weighted by molar-refractivity contribution is -0.176. The normalized spacial score (nSPS) is 23.2. The van der Waals surface area contributed by atoms with Gasteiger partial charge in [0.15, 0.2) is 0 Å². The standard InChI is InChI=1S/C22H28N4O4S/c27-31(28)20-7-2-1-6-19(20)22(29-16-17-30-22)18-26(31)11-5-10-24-12-14-25(15-13-24)21-8-3-4-9-23-21/h1-4,6-9H,5,10-18H2. The minimum Gasteiger partial charge on any atom is -0.354 e. The molecule has 0 atom stereocenters. The molecule has 2 fully saturated rings. The van der Waals surface area contributed by atoms with Gasteiger partial charge in [0.2, 0.25) is 15.8 Å². The van der Waals surface area contributed by atoms with Crippen molar-refractivity contribution in [2.75, 3.05) is 63.9 Å². The van der Waals surface area contributed by atoms with E-state index in [0.29, 0.717) is 30.2 Å². The van der Waals surface area contributed by atoms with Crippen LogP contribution >= 0.6 is 0 Å². The Bertz CT molecular complexity index is 1000. The lowest BCUT2D eigenvalue weighted by atomic mass is 10.1. The van der Waals surface area contributed by atoms with Gasteiger partial charge in [0.05, 0.1) is 24.7 Å². The van der Waals surface area contributed by atoms with E-state index < -0.39 is 15.8 Å². The third-order valence-corrected chi connectivity index (χ3v) is 8.18. The molecule has 0 N–H and O–H groups in total. The van der Waals surface area contributed by atoms with Gasteiger partial charge in [-0.15, -0.1) is 0 Å². The lowest BCUT2D eigenvalue weighted by Gasteiger charge is -2.40. The molecule has 31 heavy (non-hydrogen) atoms. The molecule has 9 heteroatoms. The maximum Gasteiger partial charge on any atom is 0.243 e. The first-order valence-corrected chi connectivity index (χ1v) is 12.3. The highest BCUT2D eigenvalue weighted by atomic mass is 32.2. The number of piperazine rings is 1. The highest BCUT2D eigenvalue weighted by Crippen LogP contribution is 2.41. The molecule has 3 aliphatic heterocycles. The van der Waals surface area contributed by atoms with Crippen molar-refractivity contribution in [2.45, 2.75) is 17.1 Å². The predicted molar refractivity (Wildman–Crippen MR) is 116 cm³/mol. The highest BCUT2D eigenvalue weighted by Gasteiger charge is 2.50. The number of hydrogen-bond acceptors (Lipinski definition) is 7. The molecule has 0 bridgehead atoms. The summed E-state index contributed by atoms with van der Waals surface area (Å²) < 4.78 is 39.8. The fourth-order valence-electron chi connectivity index (χ4n) is 4.66. The van der Waals surface area contributed by atoms with Crippen LogP contribution in [-0.2, 0) is 25.3 Å². The molecule has 5 rings (SSSR count). The van der Waals surface area contributed by atoms with E-state index >= 15 is 0 Å². The summed E-state index contributed by atoms with van der Waals surface area (Å²) in [6, 6.07) is 13.0. The largest absolute Gasteiger partial charge is 0.354 e. The van der Waals surface area contributed by atoms with E-state index in [1.165, 1.54) is 4.31 Å². The number of anilines is 1. The second-order valence-corrected chi connectivity index (χ2v) is 10.1. The van der Waals surface area contributed by atoms with Crippen LogP contribution in [0.5, 0.6) is 0 Å². The second kappa shape index (κ2) is 8.48. The van der Waals surface area contributed by atoms with Gasteiger partial charge in [-0.2, -0.15) is 4.31 Å². The van der Waals surface area contributed by atoms with Crippen LogP contribution in [-0.4, -0.2) is 81.6 Å². The fourth-order valence-corrected chi connectivity index (χ4v) is 6.40. The van der Waals surface area contributed by atoms with Crippen molar-refractivity contribution in [3.63, 3.8) is 0 Å². The Labute approximate surface area is 183 Å². The molecule has 1 aromatic carbocycles. The summed E-state index contributed by atoms with van der Waals surface area (Å²) in [5.74, 6) is 0.0399. The molecule has 0 amide bonds. The Kier molecular flexibility index (Phi) is 5.70. The van der Waals surface area contributed by atoms with E-state index in [-0.39, 0.29) is 6.54 Å². The molecule has 3 aliphatic rings. The van der Waals surface area contributed by atoms with E-state index in [0.717, 1.165) is 45.0 Å². The number of hydrogen-bond donors (Lipinski definition) is 0. The molecular weight excluding hydrogens is 416 g/mol. The first kappa shape index (κ1) is 20.8. The minimum atomic E-state index is -3.56. The Morgan fingerprint density at radius 1 is 0.935 bits per heavy atom. The molecule has 0 radical (unpaired) electrons. The average Bonchev–Trinajstić information content (AvgIpc) is 3.28. The Morgan fingerprint density at radius 2 is 1.68 bits per heavy atom. The van der Waals surface area contributed by atoms with Crippen molar-refractivity contribution in [2.24, 2.45) is 0 Å². The minimum absolute atomic E-state index is 0.208. The highest BCUT2D eigenvalue weighted by molar-refractivity contribution is 7.89. The van der Waals surface area contributed by atoms with Gasteiger partial charge in [-0.25, -0.2) is 13.4 Å². The average molecular weight is 445 g/mol. The van der Waals surface area contributed by atoms with Gasteiger partial charge in [0, 0.05) is 44.5 Å². The van der Waals surface area contributed by atoms with Gasteiger partial charge >= 0.3 is 0 Å². The topological polar surface area (TPSA) is 75.2 Å². The first-order chi connectivity index (χ1) is 15.1. The third-order valence-electron chi connectivity index (χ3n) is 6.28. The van der Waals surface area contributed by atoms with E-state index in [4.69, 9.17) is 9.47 Å². The number of aromatic nitrogens is 1. The molecule has 0 unspecified atom stereocenters. The zero-order chi connectivity index (χ0) is 21.3. The molecule has 0 aliphatic carbocycles. The molecule has 0 saturated carbocycles. The van der Waals surface area contributed by atoms with Gasteiger partial charge in [-0.05, 0) is 31.2 Å². The molecule has 2 saturated heterocycles. The van der Waals surface area contributed by atoms with Crippen molar-refractivity contribution in [3.8, 4) is 0 Å². The fraction of sp³-hybridized carbons (Fsp3) is 0.500. The number of nitrogens with zero attached hydrogens (tertiary/aromatic N) is 4. The van der Waals surface area contributed by atoms with E-state index in [2.05, 4.69) is 14.8 Å². The summed E-state index contributed by atoms with van der Waals surface area (Å²) in [6.45, 7) is 6.22. The molecule has 4 heterocycles. The monoisotopic (exact) mass is 444 g/mol. The molecule has 1 aromatic heterocycles. The van der Waals surface area contributed by atoms with Crippen molar-refractivity contribution in [1.29, 1.82) is 0 Å². The van der Waals surface area contributed by atoms with Crippen LogP contribution in [0.1, 0.15) is 12.0 Å². The van der Waals surface area contributed by atoms with Crippen LogP contribution in [0, 0.1) is 0 Å². The SMILES string of the molecule is O=S1(=O)c2ccccc2C2(CN1CCCN1CCN(c3ccccn3)CC1)OCCO2. The Hall–Kier alpha value is -2.04. The van der Waals surface area contributed by atoms with Crippen molar-refractivity contribution >= 4 is 15.8 Å². The number of ether oxygens (including phenoxy) is 2. The van der Waals surface area contributed by atoms with Gasteiger partial charge in [-0.1, -0.05) is 24.3 Å². The van der Waals surface area contributed by atoms with Gasteiger partial charge in [-0.3, -0.25) is 4.90 Å². The maximum atomic E-state index is 13.2. The van der Waals surface area contributed by atoms with Gasteiger partial charge < -0.3 is 14.4 Å². The van der Waals surface area contributed by atoms with Crippen LogP contribution in [0.4, 0.5) is 5.82 Å². The summed E-state index contributed by atoms with van der Waals surface area (Å²) in [4.78, 5) is 9.41. The van der Waals surface area contributed by atoms with Crippen molar-refractivity contribution in [3.05, 3.63) is 54.2 Å². The zero-order valence-corrected chi connectivity index (χ0v) is 18.3. The van der Waals surface area contributed by atoms with Crippen LogP contribution < -0.4 is 4.90 Å². The van der Waals surface area contributed by atoms with Crippen LogP contribution in [0.25, 0.3) is 0 Å². The zero-order valence-electron chi connectivity index (χ0n) is 17.5. The third kappa shape index (κ3) is 3.96. The number of pyridine rings is 1. The number of fused-ring (bicyclic) bond motifs is 2. The predicted octanol–water partition coefficient (Wildman–Crippen LogP) is 1.50. The van der Waals surface area contributed by atoms with E-state index in [1.54, 1.807) is 18.2 Å². The smallest absolute Gasteiger partial charge is 0.243 e. The maximum absolute atomic E-state index is 13.2. The van der Waals surface area contributed by atoms with Gasteiger partial charge in [0.25, 0.3) is 0 Å². The van der Waals surface area contributed by atoms with Gasteiger partial charge in [0.1, 0.15) is 5.82 Å². The van der Waals surface area contributed by atoms with Crippen molar-refractivity contribution in [1.82, 2.24) is 14.2 Å². The number of benzene rings is 1. The van der Waals surface area contributed by atoms with Crippen LogP contribution in [0.15, 0.2) is 53.6 Å². The van der Waals surface area contributed by atoms with Crippen molar-refractivity contribution < 1.29 is 17.9 Å². The Balaban J connectivity index is 1.20. The van der Waals surface area contributed by atoms with Crippen LogP contribution in [0.3, 0.4) is 0 Å². The molecular formula is C22H28N4O4S. The van der Waals surface area contributed by atoms with Crippen LogP contribution in [0.2, 0.25) is 0 Å². The summed E-state index contributed by atoms with van der Waals surface area (Å²) in [5, 5.41) is 0. The molecule has 2 aromatic rings. The molecule has 1 spiro atoms. The summed E-state index contributed by atoms with van der Waals surface area (Å²) in [5.41, 5.74) is 0.620. The van der Waals surface area contributed by atoms with E-state index in [1.807, 2.05) is 30.5 Å².